The fraction of sp³-hybridized carbons (Fsp3) is 0.233. The number of benzene rings is 3. The van der Waals surface area contributed by atoms with E-state index in [1.165, 1.54) is 4.70 Å². The highest BCUT2D eigenvalue weighted by molar-refractivity contribution is 7.22. The molecule has 10 heteroatoms. The van der Waals surface area contributed by atoms with Crippen molar-refractivity contribution in [1.29, 1.82) is 0 Å². The van der Waals surface area contributed by atoms with Crippen molar-refractivity contribution >= 4 is 37.6 Å². The largest absolute Gasteiger partial charge is 0.497 e. The van der Waals surface area contributed by atoms with Crippen LogP contribution in [-0.2, 0) is 6.54 Å². The lowest BCUT2D eigenvalue weighted by molar-refractivity contribution is 0.201. The average molecular weight is 549 g/mol. The fourth-order valence-corrected chi connectivity index (χ4v) is 6.40. The highest BCUT2D eigenvalue weighted by Gasteiger charge is 2.31. The Hall–Kier alpha value is -4.41. The highest BCUT2D eigenvalue weighted by Crippen LogP contribution is 2.33. The smallest absolute Gasteiger partial charge is 0.186 e. The van der Waals surface area contributed by atoms with Gasteiger partial charge in [-0.15, -0.1) is 5.10 Å². The summed E-state index contributed by atoms with van der Waals surface area (Å²) in [5, 5.41) is 15.3. The average Bonchev–Trinajstić information content (AvgIpc) is 3.65. The van der Waals surface area contributed by atoms with Crippen LogP contribution in [0.3, 0.4) is 0 Å². The van der Waals surface area contributed by atoms with Gasteiger partial charge in [-0.25, -0.2) is 9.67 Å². The Morgan fingerprint density at radius 3 is 2.58 bits per heavy atom. The molecule has 7 rings (SSSR count). The zero-order valence-electron chi connectivity index (χ0n) is 22.1. The summed E-state index contributed by atoms with van der Waals surface area (Å²) in [5.74, 6) is 1.65. The first-order chi connectivity index (χ1) is 19.7. The van der Waals surface area contributed by atoms with Crippen molar-refractivity contribution in [2.24, 2.45) is 0 Å². The van der Waals surface area contributed by atoms with Gasteiger partial charge < -0.3 is 9.64 Å². The number of methoxy groups -OCH3 is 1. The maximum Gasteiger partial charge on any atom is 0.186 e. The van der Waals surface area contributed by atoms with Crippen LogP contribution >= 0.6 is 11.3 Å². The van der Waals surface area contributed by atoms with E-state index in [0.29, 0.717) is 6.54 Å². The molecule has 3 aromatic carbocycles. The molecule has 3 aromatic heterocycles. The molecule has 1 aliphatic heterocycles. The Labute approximate surface area is 235 Å². The van der Waals surface area contributed by atoms with E-state index in [1.807, 2.05) is 35.1 Å². The third-order valence-electron chi connectivity index (χ3n) is 7.47. The van der Waals surface area contributed by atoms with Gasteiger partial charge in [-0.3, -0.25) is 9.88 Å². The van der Waals surface area contributed by atoms with E-state index in [9.17, 15) is 0 Å². The highest BCUT2D eigenvalue weighted by atomic mass is 32.1. The van der Waals surface area contributed by atoms with Gasteiger partial charge in [0, 0.05) is 37.8 Å². The summed E-state index contributed by atoms with van der Waals surface area (Å²) in [7, 11) is 1.68. The fourth-order valence-electron chi connectivity index (χ4n) is 5.38. The molecule has 1 atom stereocenters. The Kier molecular flexibility index (Phi) is 6.54. The molecular formula is C30H28N8OS. The van der Waals surface area contributed by atoms with Crippen molar-refractivity contribution in [2.45, 2.75) is 12.6 Å². The normalized spacial score (nSPS) is 15.1. The molecule has 1 aliphatic rings. The molecule has 6 aromatic rings. The van der Waals surface area contributed by atoms with Gasteiger partial charge in [0.1, 0.15) is 5.75 Å². The number of para-hydroxylation sites is 1. The van der Waals surface area contributed by atoms with E-state index in [1.54, 1.807) is 18.4 Å². The van der Waals surface area contributed by atoms with Crippen LogP contribution in [-0.4, -0.2) is 68.4 Å². The summed E-state index contributed by atoms with van der Waals surface area (Å²) in [6.07, 6.45) is 1.83. The molecule has 1 fully saturated rings. The predicted octanol–water partition coefficient (Wildman–Crippen LogP) is 4.80. The van der Waals surface area contributed by atoms with Gasteiger partial charge in [0.05, 0.1) is 35.4 Å². The molecule has 0 N–H and O–H groups in total. The number of piperazine rings is 1. The summed E-state index contributed by atoms with van der Waals surface area (Å²) in [5.41, 5.74) is 4.30. The monoisotopic (exact) mass is 548 g/mol. The molecule has 9 nitrogen and oxygen atoms in total. The number of hydrogen-bond donors (Lipinski definition) is 0. The molecule has 0 saturated carbocycles. The van der Waals surface area contributed by atoms with Crippen LogP contribution in [0.4, 0.5) is 5.13 Å². The standard InChI is InChI=1S/C30H28N8OS/c1-39-24-11-8-21(9-12-24)20-38-29(33-34-35-38)28(23-10-13-25-22(19-23)5-4-14-31-25)36-15-17-37(18-16-36)30-32-26-6-2-3-7-27(26)40-30/h2-14,19,28H,15-18,20H2,1H3/t28-/m0/s1. The number of aromatic nitrogens is 6. The molecule has 1 saturated heterocycles. The van der Waals surface area contributed by atoms with Crippen molar-refractivity contribution in [2.75, 3.05) is 38.2 Å². The quantitative estimate of drug-likeness (QED) is 0.281. The molecule has 0 amide bonds. The lowest BCUT2D eigenvalue weighted by Gasteiger charge is -2.38. The Balaban J connectivity index is 1.20. The number of ether oxygens (including phenoxy) is 1. The Morgan fingerprint density at radius 1 is 0.900 bits per heavy atom. The first kappa shape index (κ1) is 24.6. The molecule has 0 aliphatic carbocycles. The van der Waals surface area contributed by atoms with Crippen molar-refractivity contribution < 1.29 is 4.74 Å². The zero-order valence-corrected chi connectivity index (χ0v) is 22.9. The molecule has 0 unspecified atom stereocenters. The predicted molar refractivity (Wildman–Crippen MR) is 157 cm³/mol. The number of rotatable bonds is 7. The van der Waals surface area contributed by atoms with Gasteiger partial charge in [0.2, 0.25) is 0 Å². The van der Waals surface area contributed by atoms with Gasteiger partial charge >= 0.3 is 0 Å². The van der Waals surface area contributed by atoms with E-state index in [4.69, 9.17) is 9.72 Å². The van der Waals surface area contributed by atoms with Crippen molar-refractivity contribution in [1.82, 2.24) is 35.1 Å². The van der Waals surface area contributed by atoms with Crippen LogP contribution < -0.4 is 9.64 Å². The van der Waals surface area contributed by atoms with Crippen LogP contribution in [0.1, 0.15) is 23.0 Å². The number of thiazole rings is 1. The number of nitrogens with zero attached hydrogens (tertiary/aromatic N) is 8. The first-order valence-electron chi connectivity index (χ1n) is 13.3. The lowest BCUT2D eigenvalue weighted by atomic mass is 10.0. The molecule has 0 bridgehead atoms. The number of pyridine rings is 1. The van der Waals surface area contributed by atoms with Gasteiger partial charge in [0.25, 0.3) is 0 Å². The van der Waals surface area contributed by atoms with E-state index < -0.39 is 0 Å². The Bertz CT molecular complexity index is 1720. The van der Waals surface area contributed by atoms with E-state index in [0.717, 1.165) is 70.4 Å². The van der Waals surface area contributed by atoms with Crippen molar-refractivity contribution in [3.8, 4) is 5.75 Å². The SMILES string of the molecule is COc1ccc(Cn2nnnc2[C@H](c2ccc3ncccc3c2)N2CCN(c3nc4ccccc4s3)CC2)cc1. The maximum atomic E-state index is 5.33. The summed E-state index contributed by atoms with van der Waals surface area (Å²) in [6, 6.07) is 26.8. The molecule has 4 heterocycles. The number of hydrogen-bond acceptors (Lipinski definition) is 9. The molecule has 0 spiro atoms. The molecule has 200 valence electrons. The first-order valence-corrected chi connectivity index (χ1v) is 14.1. The van der Waals surface area contributed by atoms with Crippen LogP contribution in [0.15, 0.2) is 85.1 Å². The zero-order chi connectivity index (χ0) is 26.9. The minimum atomic E-state index is -0.102. The van der Waals surface area contributed by atoms with E-state index in [-0.39, 0.29) is 6.04 Å². The van der Waals surface area contributed by atoms with Crippen molar-refractivity contribution in [3.63, 3.8) is 0 Å². The Morgan fingerprint density at radius 2 is 1.75 bits per heavy atom. The third kappa shape index (κ3) is 4.76. The number of fused-ring (bicyclic) bond motifs is 2. The maximum absolute atomic E-state index is 5.33. The van der Waals surface area contributed by atoms with Crippen LogP contribution in [0.25, 0.3) is 21.1 Å². The van der Waals surface area contributed by atoms with Gasteiger partial charge in [0.15, 0.2) is 11.0 Å². The van der Waals surface area contributed by atoms with Gasteiger partial charge in [-0.2, -0.15) is 0 Å². The van der Waals surface area contributed by atoms with Crippen LogP contribution in [0, 0.1) is 0 Å². The summed E-state index contributed by atoms with van der Waals surface area (Å²) in [6.45, 7) is 4.06. The van der Waals surface area contributed by atoms with Gasteiger partial charge in [-0.05, 0) is 64.0 Å². The minimum Gasteiger partial charge on any atom is -0.497 e. The second-order valence-electron chi connectivity index (χ2n) is 9.89. The lowest BCUT2D eigenvalue weighted by Crippen LogP contribution is -2.48. The number of anilines is 1. The second-order valence-corrected chi connectivity index (χ2v) is 10.9. The summed E-state index contributed by atoms with van der Waals surface area (Å²) in [4.78, 5) is 14.3. The summed E-state index contributed by atoms with van der Waals surface area (Å²) >= 11 is 1.76. The van der Waals surface area contributed by atoms with E-state index >= 15 is 0 Å². The molecule has 40 heavy (non-hydrogen) atoms. The summed E-state index contributed by atoms with van der Waals surface area (Å²) < 4.78 is 8.47. The van der Waals surface area contributed by atoms with Crippen LogP contribution in [0.5, 0.6) is 5.75 Å². The third-order valence-corrected chi connectivity index (χ3v) is 8.57. The number of tetrazole rings is 1. The molecule has 0 radical (unpaired) electrons. The molecular weight excluding hydrogens is 520 g/mol. The van der Waals surface area contributed by atoms with Crippen molar-refractivity contribution in [3.05, 3.63) is 102 Å². The van der Waals surface area contributed by atoms with Gasteiger partial charge in [-0.1, -0.05) is 47.7 Å². The topological polar surface area (TPSA) is 85.1 Å². The van der Waals surface area contributed by atoms with E-state index in [2.05, 4.69) is 84.9 Å². The second kappa shape index (κ2) is 10.6. The van der Waals surface area contributed by atoms with Crippen LogP contribution in [0.2, 0.25) is 0 Å². The minimum absolute atomic E-state index is 0.102.